The van der Waals surface area contributed by atoms with E-state index in [2.05, 4.69) is 28.7 Å². The van der Waals surface area contributed by atoms with Gasteiger partial charge in [-0.1, -0.05) is 12.1 Å². The minimum atomic E-state index is -0.498. The molecule has 1 fully saturated rings. The van der Waals surface area contributed by atoms with Gasteiger partial charge in [-0.05, 0) is 35.4 Å². The summed E-state index contributed by atoms with van der Waals surface area (Å²) < 4.78 is 0. The summed E-state index contributed by atoms with van der Waals surface area (Å²) >= 11 is 1.68. The van der Waals surface area contributed by atoms with Crippen LogP contribution in [-0.4, -0.2) is 46.8 Å². The van der Waals surface area contributed by atoms with Gasteiger partial charge in [-0.3, -0.25) is 19.8 Å². The first kappa shape index (κ1) is 16.6. The number of nitrogens with zero attached hydrogens (tertiary/aromatic N) is 3. The fraction of sp³-hybridized carbons (Fsp3) is 0.353. The average molecular weight is 345 g/mol. The number of nitro benzene ring substituents is 1. The van der Waals surface area contributed by atoms with Crippen molar-refractivity contribution in [3.63, 3.8) is 0 Å². The lowest BCUT2D eigenvalue weighted by atomic mass is 10.1. The first-order chi connectivity index (χ1) is 11.6. The van der Waals surface area contributed by atoms with Gasteiger partial charge in [0.15, 0.2) is 0 Å². The Bertz CT molecular complexity index is 724. The van der Waals surface area contributed by atoms with Crippen LogP contribution in [-0.2, 0) is 0 Å². The number of hydrogen-bond acceptors (Lipinski definition) is 5. The number of nitro groups is 1. The minimum Gasteiger partial charge on any atom is -0.336 e. The Labute approximate surface area is 144 Å². The number of carbonyl (C=O) groups excluding carboxylic acids is 1. The molecule has 1 saturated heterocycles. The summed E-state index contributed by atoms with van der Waals surface area (Å²) in [6.45, 7) is 4.87. The first-order valence-corrected chi connectivity index (χ1v) is 8.81. The fourth-order valence-corrected chi connectivity index (χ4v) is 3.77. The number of carbonyl (C=O) groups is 1. The summed E-state index contributed by atoms with van der Waals surface area (Å²) in [5.41, 5.74) is 1.33. The fourth-order valence-electron chi connectivity index (χ4n) is 3.02. The summed E-state index contributed by atoms with van der Waals surface area (Å²) in [6.07, 6.45) is 0. The molecule has 0 N–H and O–H groups in total. The molecule has 6 nitrogen and oxygen atoms in total. The third kappa shape index (κ3) is 3.32. The molecule has 0 radical (unpaired) electrons. The van der Waals surface area contributed by atoms with E-state index in [9.17, 15) is 14.9 Å². The molecule has 1 unspecified atom stereocenters. The second-order valence-corrected chi connectivity index (χ2v) is 6.62. The SMILES string of the molecule is CC(c1ccsc1)N1CCN(C(=O)c2ccccc2[N+](=O)[O-])CC1. The highest BCUT2D eigenvalue weighted by Crippen LogP contribution is 2.25. The zero-order valence-electron chi connectivity index (χ0n) is 13.4. The highest BCUT2D eigenvalue weighted by molar-refractivity contribution is 7.07. The van der Waals surface area contributed by atoms with E-state index in [1.54, 1.807) is 28.4 Å². The van der Waals surface area contributed by atoms with E-state index in [1.165, 1.54) is 17.7 Å². The lowest BCUT2D eigenvalue weighted by Gasteiger charge is -2.37. The molecule has 1 atom stereocenters. The summed E-state index contributed by atoms with van der Waals surface area (Å²) in [6, 6.07) is 8.59. The number of rotatable bonds is 4. The molecule has 2 aromatic rings. The van der Waals surface area contributed by atoms with Gasteiger partial charge in [0.1, 0.15) is 5.56 Å². The van der Waals surface area contributed by atoms with Gasteiger partial charge in [-0.2, -0.15) is 11.3 Å². The van der Waals surface area contributed by atoms with E-state index in [-0.39, 0.29) is 17.2 Å². The van der Waals surface area contributed by atoms with Gasteiger partial charge < -0.3 is 4.90 Å². The predicted octanol–water partition coefficient (Wildman–Crippen LogP) is 3.18. The summed E-state index contributed by atoms with van der Waals surface area (Å²) in [4.78, 5) is 27.3. The molecule has 3 rings (SSSR count). The predicted molar refractivity (Wildman–Crippen MR) is 93.3 cm³/mol. The molecule has 0 spiro atoms. The van der Waals surface area contributed by atoms with Gasteiger partial charge in [0.05, 0.1) is 4.92 Å². The lowest BCUT2D eigenvalue weighted by molar-refractivity contribution is -0.385. The van der Waals surface area contributed by atoms with Crippen molar-refractivity contribution in [2.75, 3.05) is 26.2 Å². The Morgan fingerprint density at radius 3 is 2.54 bits per heavy atom. The molecule has 1 aliphatic rings. The van der Waals surface area contributed by atoms with Crippen LogP contribution < -0.4 is 0 Å². The van der Waals surface area contributed by atoms with Gasteiger partial charge in [-0.15, -0.1) is 0 Å². The molecular formula is C17H19N3O3S. The number of para-hydroxylation sites is 1. The molecule has 1 aromatic heterocycles. The number of piperazine rings is 1. The van der Waals surface area contributed by atoms with Crippen LogP contribution in [0.25, 0.3) is 0 Å². The van der Waals surface area contributed by atoms with E-state index in [4.69, 9.17) is 0 Å². The number of amides is 1. The quantitative estimate of drug-likeness (QED) is 0.630. The summed E-state index contributed by atoms with van der Waals surface area (Å²) in [5.74, 6) is -0.259. The topological polar surface area (TPSA) is 66.7 Å². The molecule has 0 aliphatic carbocycles. The van der Waals surface area contributed by atoms with Crippen LogP contribution in [0.3, 0.4) is 0 Å². The highest BCUT2D eigenvalue weighted by Gasteiger charge is 2.28. The zero-order chi connectivity index (χ0) is 17.1. The van der Waals surface area contributed by atoms with Crippen molar-refractivity contribution < 1.29 is 9.72 Å². The van der Waals surface area contributed by atoms with Crippen molar-refractivity contribution >= 4 is 22.9 Å². The van der Waals surface area contributed by atoms with Crippen molar-refractivity contribution in [2.24, 2.45) is 0 Å². The van der Waals surface area contributed by atoms with E-state index >= 15 is 0 Å². The molecule has 1 aliphatic heterocycles. The molecule has 1 amide bonds. The van der Waals surface area contributed by atoms with Crippen molar-refractivity contribution in [1.82, 2.24) is 9.80 Å². The normalized spacial score (nSPS) is 16.8. The maximum Gasteiger partial charge on any atom is 0.282 e. The standard InChI is InChI=1S/C17H19N3O3S/c1-13(14-6-11-24-12-14)18-7-9-19(10-8-18)17(21)15-4-2-3-5-16(15)20(22)23/h2-6,11-13H,7-10H2,1H3. The molecule has 0 bridgehead atoms. The van der Waals surface area contributed by atoms with Crippen LogP contribution in [0, 0.1) is 10.1 Å². The third-order valence-electron chi connectivity index (χ3n) is 4.51. The smallest absolute Gasteiger partial charge is 0.282 e. The van der Waals surface area contributed by atoms with Crippen LogP contribution in [0.4, 0.5) is 5.69 Å². The average Bonchev–Trinajstić information content (AvgIpc) is 3.15. The van der Waals surface area contributed by atoms with Crippen LogP contribution >= 0.6 is 11.3 Å². The Balaban J connectivity index is 1.67. The minimum absolute atomic E-state index is 0.128. The Kier molecular flexibility index (Phi) is 4.92. The maximum absolute atomic E-state index is 12.6. The van der Waals surface area contributed by atoms with Crippen LogP contribution in [0.2, 0.25) is 0 Å². The Hall–Kier alpha value is -2.25. The van der Waals surface area contributed by atoms with E-state index < -0.39 is 4.92 Å². The summed E-state index contributed by atoms with van der Waals surface area (Å²) in [7, 11) is 0. The lowest BCUT2D eigenvalue weighted by Crippen LogP contribution is -2.49. The third-order valence-corrected chi connectivity index (χ3v) is 5.21. The monoisotopic (exact) mass is 345 g/mol. The number of thiophene rings is 1. The molecule has 1 aromatic carbocycles. The Morgan fingerprint density at radius 1 is 1.21 bits per heavy atom. The molecule has 0 saturated carbocycles. The van der Waals surface area contributed by atoms with E-state index in [0.29, 0.717) is 19.1 Å². The Morgan fingerprint density at radius 2 is 1.92 bits per heavy atom. The van der Waals surface area contributed by atoms with Crippen molar-refractivity contribution in [2.45, 2.75) is 13.0 Å². The van der Waals surface area contributed by atoms with Crippen LogP contribution in [0.1, 0.15) is 28.9 Å². The number of benzene rings is 1. The van der Waals surface area contributed by atoms with Gasteiger partial charge in [0.25, 0.3) is 11.6 Å². The van der Waals surface area contributed by atoms with Crippen molar-refractivity contribution in [3.8, 4) is 0 Å². The number of hydrogen-bond donors (Lipinski definition) is 0. The first-order valence-electron chi connectivity index (χ1n) is 7.87. The van der Waals surface area contributed by atoms with Gasteiger partial charge >= 0.3 is 0 Å². The highest BCUT2D eigenvalue weighted by atomic mass is 32.1. The second-order valence-electron chi connectivity index (χ2n) is 5.84. The molecule has 7 heteroatoms. The van der Waals surface area contributed by atoms with Crippen LogP contribution in [0.15, 0.2) is 41.1 Å². The van der Waals surface area contributed by atoms with Gasteiger partial charge in [0, 0.05) is 38.3 Å². The van der Waals surface area contributed by atoms with E-state index in [0.717, 1.165) is 13.1 Å². The molecular weight excluding hydrogens is 326 g/mol. The van der Waals surface area contributed by atoms with Crippen molar-refractivity contribution in [1.29, 1.82) is 0 Å². The van der Waals surface area contributed by atoms with E-state index in [1.807, 2.05) is 0 Å². The molecule has 2 heterocycles. The second kappa shape index (κ2) is 7.11. The molecule has 126 valence electrons. The van der Waals surface area contributed by atoms with Gasteiger partial charge in [0.2, 0.25) is 0 Å². The molecule has 24 heavy (non-hydrogen) atoms. The largest absolute Gasteiger partial charge is 0.336 e. The van der Waals surface area contributed by atoms with Crippen molar-refractivity contribution in [3.05, 3.63) is 62.3 Å². The maximum atomic E-state index is 12.6. The van der Waals surface area contributed by atoms with Gasteiger partial charge in [-0.25, -0.2) is 0 Å². The summed E-state index contributed by atoms with van der Waals surface area (Å²) in [5, 5.41) is 15.3. The van der Waals surface area contributed by atoms with Crippen LogP contribution in [0.5, 0.6) is 0 Å². The zero-order valence-corrected chi connectivity index (χ0v) is 14.2.